The van der Waals surface area contributed by atoms with Crippen LogP contribution in [-0.4, -0.2) is 37.1 Å². The van der Waals surface area contributed by atoms with Crippen molar-refractivity contribution in [1.29, 1.82) is 0 Å². The number of rotatable bonds is 7. The van der Waals surface area contributed by atoms with Crippen LogP contribution < -0.4 is 11.1 Å². The summed E-state index contributed by atoms with van der Waals surface area (Å²) in [5.41, 5.74) is 8.74. The summed E-state index contributed by atoms with van der Waals surface area (Å²) in [4.78, 5) is 13.2. The third-order valence-electron chi connectivity index (χ3n) is 6.06. The van der Waals surface area contributed by atoms with E-state index in [0.717, 1.165) is 5.56 Å². The molecule has 10 nitrogen and oxygen atoms in total. The first kappa shape index (κ1) is 24.6. The molecule has 0 unspecified atom stereocenters. The van der Waals surface area contributed by atoms with Gasteiger partial charge in [0.1, 0.15) is 5.82 Å². The molecule has 0 amide bonds. The lowest BCUT2D eigenvalue weighted by Gasteiger charge is -2.07. The van der Waals surface area contributed by atoms with Crippen LogP contribution in [0, 0.1) is 0 Å². The second-order valence-electron chi connectivity index (χ2n) is 8.71. The Bertz CT molecular complexity index is 1900. The van der Waals surface area contributed by atoms with Crippen molar-refractivity contribution in [3.05, 3.63) is 108 Å². The summed E-state index contributed by atoms with van der Waals surface area (Å²) in [5, 5.41) is 8.49. The number of benzene rings is 2. The van der Waals surface area contributed by atoms with Crippen molar-refractivity contribution >= 4 is 50.0 Å². The Balaban J connectivity index is 1.34. The number of anilines is 3. The van der Waals surface area contributed by atoms with Crippen LogP contribution in [0.25, 0.3) is 22.2 Å². The van der Waals surface area contributed by atoms with Crippen molar-refractivity contribution in [1.82, 2.24) is 28.7 Å². The molecule has 0 saturated carbocycles. The summed E-state index contributed by atoms with van der Waals surface area (Å²) in [6, 6.07) is 19.1. The number of nitrogens with one attached hydrogen (secondary N) is 1. The van der Waals surface area contributed by atoms with E-state index in [2.05, 4.69) is 25.4 Å². The zero-order valence-electron chi connectivity index (χ0n) is 20.3. The molecule has 2 aromatic carbocycles. The van der Waals surface area contributed by atoms with E-state index in [9.17, 15) is 8.42 Å². The molecule has 4 aromatic heterocycles. The molecule has 0 bridgehead atoms. The summed E-state index contributed by atoms with van der Waals surface area (Å²) in [5.74, 6) is 0.740. The van der Waals surface area contributed by atoms with E-state index in [1.807, 2.05) is 24.4 Å². The standard InChI is InChI=1S/C27H21ClN8O2S/c28-23-14-31-27(33-19-13-32-35(16-19)15-18-10-11-25(29)30-12-18)34-26(23)22-17-36(24-9-5-4-8-21(22)24)39(37,38)20-6-2-1-3-7-20/h1-14,16-17H,15H2,(H2,29,30)(H,31,33,34). The predicted octanol–water partition coefficient (Wildman–Crippen LogP) is 4.95. The van der Waals surface area contributed by atoms with Crippen molar-refractivity contribution in [2.24, 2.45) is 0 Å². The monoisotopic (exact) mass is 556 g/mol. The second-order valence-corrected chi connectivity index (χ2v) is 10.9. The summed E-state index contributed by atoms with van der Waals surface area (Å²) < 4.78 is 30.0. The van der Waals surface area contributed by atoms with Gasteiger partial charge >= 0.3 is 0 Å². The molecule has 0 atom stereocenters. The van der Waals surface area contributed by atoms with Crippen molar-refractivity contribution in [2.75, 3.05) is 11.1 Å². The van der Waals surface area contributed by atoms with Gasteiger partial charge in [0.15, 0.2) is 0 Å². The van der Waals surface area contributed by atoms with Gasteiger partial charge in [-0.2, -0.15) is 5.10 Å². The zero-order valence-corrected chi connectivity index (χ0v) is 21.9. The Hall–Kier alpha value is -4.74. The Morgan fingerprint density at radius 3 is 2.49 bits per heavy atom. The normalized spacial score (nSPS) is 11.6. The molecule has 12 heteroatoms. The van der Waals surface area contributed by atoms with Crippen LogP contribution in [-0.2, 0) is 16.6 Å². The van der Waals surface area contributed by atoms with Gasteiger partial charge in [-0.3, -0.25) is 4.68 Å². The van der Waals surface area contributed by atoms with Gasteiger partial charge in [0.2, 0.25) is 5.95 Å². The maximum absolute atomic E-state index is 13.5. The fourth-order valence-electron chi connectivity index (χ4n) is 4.22. The third-order valence-corrected chi connectivity index (χ3v) is 8.02. The number of aromatic nitrogens is 6. The van der Waals surface area contributed by atoms with Gasteiger partial charge in [-0.05, 0) is 29.8 Å². The van der Waals surface area contributed by atoms with Gasteiger partial charge in [-0.1, -0.05) is 54.1 Å². The number of nitrogens with two attached hydrogens (primary N) is 1. The first-order valence-electron chi connectivity index (χ1n) is 11.8. The van der Waals surface area contributed by atoms with Crippen LogP contribution in [0.5, 0.6) is 0 Å². The smallest absolute Gasteiger partial charge is 0.268 e. The molecule has 6 aromatic rings. The fourth-order valence-corrected chi connectivity index (χ4v) is 5.80. The largest absolute Gasteiger partial charge is 0.384 e. The van der Waals surface area contributed by atoms with E-state index in [-0.39, 0.29) is 15.9 Å². The van der Waals surface area contributed by atoms with Crippen LogP contribution >= 0.6 is 11.6 Å². The lowest BCUT2D eigenvalue weighted by molar-refractivity contribution is 0.589. The van der Waals surface area contributed by atoms with Crippen molar-refractivity contribution in [3.8, 4) is 11.3 Å². The lowest BCUT2D eigenvalue weighted by Crippen LogP contribution is -2.11. The average Bonchev–Trinajstić information content (AvgIpc) is 3.56. The molecular formula is C27H21ClN8O2S. The molecule has 0 aliphatic carbocycles. The molecule has 6 rings (SSSR count). The van der Waals surface area contributed by atoms with E-state index >= 15 is 0 Å². The Labute approximate surface area is 228 Å². The molecule has 4 heterocycles. The highest BCUT2D eigenvalue weighted by Gasteiger charge is 2.23. The number of hydrogen-bond acceptors (Lipinski definition) is 8. The minimum Gasteiger partial charge on any atom is -0.384 e. The van der Waals surface area contributed by atoms with Crippen molar-refractivity contribution in [3.63, 3.8) is 0 Å². The molecule has 194 valence electrons. The zero-order chi connectivity index (χ0) is 27.0. The molecule has 0 radical (unpaired) electrons. The Morgan fingerprint density at radius 1 is 0.897 bits per heavy atom. The molecule has 0 aliphatic rings. The highest BCUT2D eigenvalue weighted by molar-refractivity contribution is 7.90. The van der Waals surface area contributed by atoms with E-state index in [1.54, 1.807) is 71.8 Å². The summed E-state index contributed by atoms with van der Waals surface area (Å²) in [7, 11) is -3.86. The molecule has 0 spiro atoms. The number of halogens is 1. The molecule has 0 saturated heterocycles. The van der Waals surface area contributed by atoms with Crippen LogP contribution in [0.3, 0.4) is 0 Å². The quantitative estimate of drug-likeness (QED) is 0.282. The minimum atomic E-state index is -3.86. The highest BCUT2D eigenvalue weighted by Crippen LogP contribution is 2.36. The maximum Gasteiger partial charge on any atom is 0.268 e. The number of pyridine rings is 1. The van der Waals surface area contributed by atoms with Crippen LogP contribution in [0.4, 0.5) is 17.5 Å². The van der Waals surface area contributed by atoms with Gasteiger partial charge in [0.05, 0.1) is 45.8 Å². The van der Waals surface area contributed by atoms with E-state index in [1.165, 1.54) is 10.2 Å². The first-order valence-corrected chi connectivity index (χ1v) is 13.6. The van der Waals surface area contributed by atoms with E-state index < -0.39 is 10.0 Å². The van der Waals surface area contributed by atoms with Crippen molar-refractivity contribution in [2.45, 2.75) is 11.4 Å². The third kappa shape index (κ3) is 4.80. The van der Waals surface area contributed by atoms with E-state index in [4.69, 9.17) is 17.3 Å². The average molecular weight is 557 g/mol. The van der Waals surface area contributed by atoms with Gasteiger partial charge < -0.3 is 11.1 Å². The summed E-state index contributed by atoms with van der Waals surface area (Å²) in [6.45, 7) is 0.511. The fraction of sp³-hybridized carbons (Fsp3) is 0.0370. The lowest BCUT2D eigenvalue weighted by atomic mass is 10.1. The number of hydrogen-bond donors (Lipinski definition) is 2. The van der Waals surface area contributed by atoms with Crippen LogP contribution in [0.1, 0.15) is 5.56 Å². The molecule has 0 fully saturated rings. The molecule has 3 N–H and O–H groups in total. The van der Waals surface area contributed by atoms with Gasteiger partial charge in [0.25, 0.3) is 10.0 Å². The number of fused-ring (bicyclic) bond motifs is 1. The molecular weight excluding hydrogens is 536 g/mol. The van der Waals surface area contributed by atoms with Gasteiger partial charge in [0, 0.05) is 29.5 Å². The summed E-state index contributed by atoms with van der Waals surface area (Å²) in [6.07, 6.45) is 8.19. The minimum absolute atomic E-state index is 0.181. The number of nitrogen functional groups attached to an aromatic ring is 1. The Kier molecular flexibility index (Phi) is 6.21. The van der Waals surface area contributed by atoms with Crippen molar-refractivity contribution < 1.29 is 8.42 Å². The summed E-state index contributed by atoms with van der Waals surface area (Å²) >= 11 is 6.54. The number of nitrogens with zero attached hydrogens (tertiary/aromatic N) is 6. The van der Waals surface area contributed by atoms with Crippen LogP contribution in [0.15, 0.2) is 103 Å². The first-order chi connectivity index (χ1) is 18.9. The molecule has 0 aliphatic heterocycles. The molecule has 39 heavy (non-hydrogen) atoms. The second kappa shape index (κ2) is 9.86. The predicted molar refractivity (Wildman–Crippen MR) is 150 cm³/mol. The highest BCUT2D eigenvalue weighted by atomic mass is 35.5. The Morgan fingerprint density at radius 2 is 1.69 bits per heavy atom. The van der Waals surface area contributed by atoms with Gasteiger partial charge in [-0.25, -0.2) is 27.3 Å². The SMILES string of the molecule is Nc1ccc(Cn2cc(Nc3ncc(Cl)c(-c4cn(S(=O)(=O)c5ccccc5)c5ccccc45)n3)cn2)cn1. The van der Waals surface area contributed by atoms with Crippen LogP contribution in [0.2, 0.25) is 5.02 Å². The van der Waals surface area contributed by atoms with E-state index in [0.29, 0.717) is 40.2 Å². The topological polar surface area (TPSA) is 134 Å². The van der Waals surface area contributed by atoms with Gasteiger partial charge in [-0.15, -0.1) is 0 Å². The maximum atomic E-state index is 13.5. The number of para-hydroxylation sites is 1.